The Hall–Kier alpha value is -2.98. The van der Waals surface area contributed by atoms with Gasteiger partial charge in [-0.25, -0.2) is 4.39 Å². The number of hydrogen-bond acceptors (Lipinski definition) is 2. The van der Waals surface area contributed by atoms with Gasteiger partial charge in [0.05, 0.1) is 0 Å². The van der Waals surface area contributed by atoms with Crippen LogP contribution in [0.4, 0.5) is 4.39 Å². The van der Waals surface area contributed by atoms with Crippen molar-refractivity contribution in [2.24, 2.45) is 5.92 Å². The van der Waals surface area contributed by atoms with Gasteiger partial charge in [0.15, 0.2) is 0 Å². The zero-order chi connectivity index (χ0) is 25.8. The summed E-state index contributed by atoms with van der Waals surface area (Å²) in [5, 5.41) is 0. The fourth-order valence-corrected chi connectivity index (χ4v) is 6.38. The van der Waals surface area contributed by atoms with Crippen LogP contribution < -0.4 is 0 Å². The fourth-order valence-electron chi connectivity index (χ4n) is 6.38. The molecule has 1 aliphatic carbocycles. The molecule has 0 bridgehead atoms. The molecule has 3 nitrogen and oxygen atoms in total. The third kappa shape index (κ3) is 6.13. The molecule has 0 radical (unpaired) electrons. The second-order valence-corrected chi connectivity index (χ2v) is 11.2. The molecule has 3 aromatic carbocycles. The van der Waals surface area contributed by atoms with E-state index < -0.39 is 0 Å². The van der Waals surface area contributed by atoms with E-state index in [0.29, 0.717) is 17.4 Å². The summed E-state index contributed by atoms with van der Waals surface area (Å²) in [6, 6.07) is 23.9. The van der Waals surface area contributed by atoms with Crippen LogP contribution in [-0.2, 0) is 6.54 Å². The third-order valence-electron chi connectivity index (χ3n) is 8.43. The van der Waals surface area contributed by atoms with Crippen LogP contribution in [0.25, 0.3) is 0 Å². The number of benzene rings is 3. The second-order valence-electron chi connectivity index (χ2n) is 11.2. The van der Waals surface area contributed by atoms with Gasteiger partial charge in [0.2, 0.25) is 0 Å². The van der Waals surface area contributed by atoms with Crippen molar-refractivity contribution in [2.75, 3.05) is 19.6 Å². The van der Waals surface area contributed by atoms with Crippen LogP contribution in [-0.4, -0.2) is 41.4 Å². The lowest BCUT2D eigenvalue weighted by Crippen LogP contribution is -2.45. The van der Waals surface area contributed by atoms with Crippen LogP contribution in [0.3, 0.4) is 0 Å². The van der Waals surface area contributed by atoms with Crippen LogP contribution in [0.2, 0.25) is 0 Å². The van der Waals surface area contributed by atoms with E-state index in [2.05, 4.69) is 72.2 Å². The number of rotatable bonds is 7. The van der Waals surface area contributed by atoms with Crippen molar-refractivity contribution < 1.29 is 9.18 Å². The summed E-state index contributed by atoms with van der Waals surface area (Å²) < 4.78 is 13.6. The van der Waals surface area contributed by atoms with Crippen molar-refractivity contribution in [3.05, 3.63) is 106 Å². The van der Waals surface area contributed by atoms with Gasteiger partial charge in [-0.15, -0.1) is 0 Å². The minimum atomic E-state index is -0.303. The molecule has 3 aromatic rings. The SMILES string of the molecule is Cc1ccc(CN2CC(CN(C(=O)c3ccc(F)cc3)C3CCCCC3)C(c3ccccc3C)C2)cc1. The van der Waals surface area contributed by atoms with Crippen LogP contribution in [0.15, 0.2) is 72.8 Å². The molecular weight excluding hydrogens is 459 g/mol. The van der Waals surface area contributed by atoms with E-state index in [1.54, 1.807) is 12.1 Å². The Bertz CT molecular complexity index is 1180. The predicted octanol–water partition coefficient (Wildman–Crippen LogP) is 7.13. The highest BCUT2D eigenvalue weighted by Gasteiger charge is 2.38. The van der Waals surface area contributed by atoms with Gasteiger partial charge in [-0.3, -0.25) is 9.69 Å². The highest BCUT2D eigenvalue weighted by atomic mass is 19.1. The summed E-state index contributed by atoms with van der Waals surface area (Å²) >= 11 is 0. The van der Waals surface area contributed by atoms with Gasteiger partial charge in [0.1, 0.15) is 5.82 Å². The first-order chi connectivity index (χ1) is 18.0. The molecule has 194 valence electrons. The zero-order valence-electron chi connectivity index (χ0n) is 22.2. The molecule has 4 heteroatoms. The number of carbonyl (C=O) groups excluding carboxylic acids is 1. The fraction of sp³-hybridized carbons (Fsp3) is 0.424. The Labute approximate surface area is 221 Å². The highest BCUT2D eigenvalue weighted by molar-refractivity contribution is 5.94. The van der Waals surface area contributed by atoms with Crippen molar-refractivity contribution in [2.45, 2.75) is 64.5 Å². The van der Waals surface area contributed by atoms with Gasteiger partial charge in [-0.05, 0) is 73.6 Å². The Morgan fingerprint density at radius 3 is 2.30 bits per heavy atom. The minimum Gasteiger partial charge on any atom is -0.335 e. The standard InChI is InChI=1S/C33H39FN2O/c1-24-12-14-26(15-13-24)20-35-21-28(32(23-35)31-11-7-6-8-25(31)2)22-36(30-9-4-3-5-10-30)33(37)27-16-18-29(34)19-17-27/h6-8,11-19,28,30,32H,3-5,9-10,20-23H2,1-2H3. The van der Waals surface area contributed by atoms with E-state index in [9.17, 15) is 9.18 Å². The van der Waals surface area contributed by atoms with Gasteiger partial charge in [-0.1, -0.05) is 73.4 Å². The van der Waals surface area contributed by atoms with Gasteiger partial charge in [-0.2, -0.15) is 0 Å². The highest BCUT2D eigenvalue weighted by Crippen LogP contribution is 2.37. The van der Waals surface area contributed by atoms with Crippen molar-refractivity contribution in [1.82, 2.24) is 9.80 Å². The van der Waals surface area contributed by atoms with E-state index in [4.69, 9.17) is 0 Å². The topological polar surface area (TPSA) is 23.6 Å². The first kappa shape index (κ1) is 25.7. The van der Waals surface area contributed by atoms with Gasteiger partial charge in [0, 0.05) is 43.7 Å². The maximum absolute atomic E-state index is 13.8. The molecule has 0 spiro atoms. The zero-order valence-corrected chi connectivity index (χ0v) is 22.2. The van der Waals surface area contributed by atoms with E-state index in [1.165, 1.54) is 53.6 Å². The quantitative estimate of drug-likeness (QED) is 0.346. The molecule has 1 saturated carbocycles. The van der Waals surface area contributed by atoms with E-state index in [1.807, 2.05) is 0 Å². The van der Waals surface area contributed by atoms with E-state index in [0.717, 1.165) is 39.0 Å². The molecule has 0 aromatic heterocycles. The number of nitrogens with zero attached hydrogens (tertiary/aromatic N) is 2. The smallest absolute Gasteiger partial charge is 0.254 e. The third-order valence-corrected chi connectivity index (χ3v) is 8.43. The first-order valence-electron chi connectivity index (χ1n) is 13.9. The van der Waals surface area contributed by atoms with Gasteiger partial charge in [0.25, 0.3) is 5.91 Å². The van der Waals surface area contributed by atoms with Gasteiger partial charge >= 0.3 is 0 Å². The number of likely N-dealkylation sites (tertiary alicyclic amines) is 1. The molecule has 1 saturated heterocycles. The molecule has 2 aliphatic rings. The summed E-state index contributed by atoms with van der Waals surface area (Å²) in [7, 11) is 0. The first-order valence-corrected chi connectivity index (χ1v) is 13.9. The Kier molecular flexibility index (Phi) is 8.05. The molecule has 2 unspecified atom stereocenters. The molecule has 2 fully saturated rings. The lowest BCUT2D eigenvalue weighted by molar-refractivity contribution is 0.0588. The molecule has 1 amide bonds. The number of aryl methyl sites for hydroxylation is 2. The number of hydrogen-bond donors (Lipinski definition) is 0. The molecule has 1 aliphatic heterocycles. The average molecular weight is 499 g/mol. The van der Waals surface area contributed by atoms with Crippen LogP contribution in [0, 0.1) is 25.6 Å². The summed E-state index contributed by atoms with van der Waals surface area (Å²) in [5.41, 5.74) is 5.93. The number of halogens is 1. The summed E-state index contributed by atoms with van der Waals surface area (Å²) in [6.45, 7) is 7.96. The van der Waals surface area contributed by atoms with Crippen molar-refractivity contribution in [1.29, 1.82) is 0 Å². The largest absolute Gasteiger partial charge is 0.335 e. The van der Waals surface area contributed by atoms with Crippen LogP contribution in [0.1, 0.15) is 70.6 Å². The van der Waals surface area contributed by atoms with E-state index in [-0.39, 0.29) is 17.8 Å². The van der Waals surface area contributed by atoms with E-state index >= 15 is 0 Å². The maximum atomic E-state index is 13.8. The Morgan fingerprint density at radius 2 is 1.59 bits per heavy atom. The maximum Gasteiger partial charge on any atom is 0.254 e. The van der Waals surface area contributed by atoms with Crippen LogP contribution >= 0.6 is 0 Å². The minimum absolute atomic E-state index is 0.0485. The van der Waals surface area contributed by atoms with Crippen molar-refractivity contribution >= 4 is 5.91 Å². The summed E-state index contributed by atoms with van der Waals surface area (Å²) in [6.07, 6.45) is 5.70. The monoisotopic (exact) mass is 498 g/mol. The predicted molar refractivity (Wildman–Crippen MR) is 148 cm³/mol. The number of carbonyl (C=O) groups is 1. The average Bonchev–Trinajstić information content (AvgIpc) is 3.31. The molecule has 0 N–H and O–H groups in total. The summed E-state index contributed by atoms with van der Waals surface area (Å²) in [5.74, 6) is 0.465. The molecule has 2 atom stereocenters. The summed E-state index contributed by atoms with van der Waals surface area (Å²) in [4.78, 5) is 18.6. The molecule has 37 heavy (non-hydrogen) atoms. The second kappa shape index (κ2) is 11.6. The van der Waals surface area contributed by atoms with Crippen molar-refractivity contribution in [3.8, 4) is 0 Å². The molecular formula is C33H39FN2O. The lowest BCUT2D eigenvalue weighted by Gasteiger charge is -2.37. The Balaban J connectivity index is 1.42. The normalized spacial score (nSPS) is 20.7. The lowest BCUT2D eigenvalue weighted by atomic mass is 9.85. The van der Waals surface area contributed by atoms with Crippen LogP contribution in [0.5, 0.6) is 0 Å². The Morgan fingerprint density at radius 1 is 0.892 bits per heavy atom. The van der Waals surface area contributed by atoms with Gasteiger partial charge < -0.3 is 4.90 Å². The molecule has 5 rings (SSSR count). The molecule has 1 heterocycles. The number of amides is 1. The van der Waals surface area contributed by atoms with Crippen molar-refractivity contribution in [3.63, 3.8) is 0 Å².